The Morgan fingerprint density at radius 2 is 1.81 bits per heavy atom. The molecule has 0 fully saturated rings. The van der Waals surface area contributed by atoms with Crippen molar-refractivity contribution in [2.45, 2.75) is 38.9 Å². The second-order valence-corrected chi connectivity index (χ2v) is 7.62. The van der Waals surface area contributed by atoms with Crippen LogP contribution in [0.2, 0.25) is 0 Å². The lowest BCUT2D eigenvalue weighted by Gasteiger charge is -2.15. The van der Waals surface area contributed by atoms with E-state index >= 15 is 0 Å². The molecule has 0 amide bonds. The molecule has 3 aromatic rings. The molecule has 27 heavy (non-hydrogen) atoms. The number of rotatable bonds is 7. The van der Waals surface area contributed by atoms with E-state index in [1.807, 2.05) is 10.7 Å². The second-order valence-electron chi connectivity index (χ2n) is 7.06. The Bertz CT molecular complexity index is 927. The van der Waals surface area contributed by atoms with Crippen molar-refractivity contribution in [1.82, 2.24) is 14.6 Å². The molecule has 2 heterocycles. The monoisotopic (exact) mass is 431 g/mol. The van der Waals surface area contributed by atoms with Crippen LogP contribution in [-0.2, 0) is 10.1 Å². The van der Waals surface area contributed by atoms with Gasteiger partial charge in [0.05, 0.1) is 6.61 Å². The summed E-state index contributed by atoms with van der Waals surface area (Å²) in [7, 11) is 1.68. The first-order chi connectivity index (χ1) is 12.9. The SMILES string of the molecule is COCCOc1cc(C)c(-c2cc(CBr)cn3nc(C(C)C)nc23)c(C)c1. The van der Waals surface area contributed by atoms with Crippen LogP contribution in [0.5, 0.6) is 5.75 Å². The predicted octanol–water partition coefficient (Wildman–Crippen LogP) is 5.06. The lowest BCUT2D eigenvalue weighted by molar-refractivity contribution is 0.146. The fraction of sp³-hybridized carbons (Fsp3) is 0.429. The van der Waals surface area contributed by atoms with Gasteiger partial charge in [-0.25, -0.2) is 9.50 Å². The minimum Gasteiger partial charge on any atom is -0.491 e. The van der Waals surface area contributed by atoms with Gasteiger partial charge in [0.2, 0.25) is 0 Å². The van der Waals surface area contributed by atoms with Crippen LogP contribution in [0.25, 0.3) is 16.8 Å². The van der Waals surface area contributed by atoms with Crippen molar-refractivity contribution in [1.29, 1.82) is 0 Å². The lowest BCUT2D eigenvalue weighted by atomic mass is 9.95. The van der Waals surface area contributed by atoms with Crippen LogP contribution in [-0.4, -0.2) is 34.9 Å². The summed E-state index contributed by atoms with van der Waals surface area (Å²) in [5, 5.41) is 5.45. The molecular formula is C21H26BrN3O2. The zero-order valence-electron chi connectivity index (χ0n) is 16.5. The molecule has 3 rings (SSSR count). The first-order valence-electron chi connectivity index (χ1n) is 9.13. The van der Waals surface area contributed by atoms with E-state index in [1.165, 1.54) is 5.56 Å². The normalized spacial score (nSPS) is 11.5. The zero-order valence-corrected chi connectivity index (χ0v) is 18.1. The van der Waals surface area contributed by atoms with Crippen LogP contribution >= 0.6 is 15.9 Å². The Morgan fingerprint density at radius 3 is 2.41 bits per heavy atom. The van der Waals surface area contributed by atoms with E-state index in [0.717, 1.165) is 44.8 Å². The summed E-state index contributed by atoms with van der Waals surface area (Å²) in [4.78, 5) is 4.82. The quantitative estimate of drug-likeness (QED) is 0.387. The van der Waals surface area contributed by atoms with Gasteiger partial charge in [-0.15, -0.1) is 0 Å². The van der Waals surface area contributed by atoms with Gasteiger partial charge >= 0.3 is 0 Å². The number of hydrogen-bond acceptors (Lipinski definition) is 4. The van der Waals surface area contributed by atoms with Gasteiger partial charge in [-0.3, -0.25) is 0 Å². The van der Waals surface area contributed by atoms with Crippen LogP contribution in [0.15, 0.2) is 24.4 Å². The molecule has 0 N–H and O–H groups in total. The van der Waals surface area contributed by atoms with E-state index in [0.29, 0.717) is 13.2 Å². The predicted molar refractivity (Wildman–Crippen MR) is 112 cm³/mol. The number of aromatic nitrogens is 3. The summed E-state index contributed by atoms with van der Waals surface area (Å²) in [6.07, 6.45) is 2.04. The van der Waals surface area contributed by atoms with Gasteiger partial charge in [0.25, 0.3) is 0 Å². The molecule has 0 unspecified atom stereocenters. The van der Waals surface area contributed by atoms with Gasteiger partial charge < -0.3 is 9.47 Å². The Hall–Kier alpha value is -1.92. The number of hydrogen-bond donors (Lipinski definition) is 0. The topological polar surface area (TPSA) is 48.7 Å². The molecule has 0 aliphatic carbocycles. The summed E-state index contributed by atoms with van der Waals surface area (Å²) in [5.74, 6) is 2.00. The Balaban J connectivity index is 2.13. The van der Waals surface area contributed by atoms with Gasteiger partial charge in [-0.1, -0.05) is 29.8 Å². The summed E-state index contributed by atoms with van der Waals surface area (Å²) < 4.78 is 12.8. The van der Waals surface area contributed by atoms with Crippen molar-refractivity contribution in [2.75, 3.05) is 20.3 Å². The van der Waals surface area contributed by atoms with Crippen molar-refractivity contribution in [2.24, 2.45) is 0 Å². The molecule has 0 saturated carbocycles. The van der Waals surface area contributed by atoms with E-state index in [4.69, 9.17) is 14.5 Å². The largest absolute Gasteiger partial charge is 0.491 e. The van der Waals surface area contributed by atoms with Gasteiger partial charge in [-0.05, 0) is 54.3 Å². The van der Waals surface area contributed by atoms with Crippen LogP contribution in [0, 0.1) is 13.8 Å². The molecule has 0 spiro atoms. The third-order valence-corrected chi connectivity index (χ3v) is 5.16. The molecule has 0 aliphatic heterocycles. The third-order valence-electron chi connectivity index (χ3n) is 4.51. The van der Waals surface area contributed by atoms with Crippen LogP contribution < -0.4 is 4.74 Å². The van der Waals surface area contributed by atoms with Gasteiger partial charge in [0.1, 0.15) is 12.4 Å². The number of nitrogens with zero attached hydrogens (tertiary/aromatic N) is 3. The highest BCUT2D eigenvalue weighted by Crippen LogP contribution is 2.34. The molecule has 0 aliphatic rings. The van der Waals surface area contributed by atoms with Crippen molar-refractivity contribution in [3.63, 3.8) is 0 Å². The van der Waals surface area contributed by atoms with Gasteiger partial charge in [0, 0.05) is 30.1 Å². The lowest BCUT2D eigenvalue weighted by Crippen LogP contribution is -2.05. The minimum absolute atomic E-state index is 0.281. The number of methoxy groups -OCH3 is 1. The first-order valence-corrected chi connectivity index (χ1v) is 10.2. The highest BCUT2D eigenvalue weighted by Gasteiger charge is 2.17. The Morgan fingerprint density at radius 1 is 1.11 bits per heavy atom. The number of pyridine rings is 1. The maximum atomic E-state index is 5.80. The maximum absolute atomic E-state index is 5.80. The standard InChI is InChI=1S/C21H26BrN3O2/c1-13(2)20-23-21-18(10-16(11-22)12-25(21)24-20)19-14(3)8-17(9-15(19)4)27-7-6-26-5/h8-10,12-13H,6-7,11H2,1-5H3. The smallest absolute Gasteiger partial charge is 0.163 e. The second kappa shape index (κ2) is 8.40. The average molecular weight is 432 g/mol. The number of ether oxygens (including phenoxy) is 2. The molecular weight excluding hydrogens is 406 g/mol. The molecule has 144 valence electrons. The third kappa shape index (κ3) is 4.17. The van der Waals surface area contributed by atoms with E-state index in [2.05, 4.69) is 66.9 Å². The zero-order chi connectivity index (χ0) is 19.6. The minimum atomic E-state index is 0.281. The molecule has 0 saturated heterocycles. The molecule has 5 nitrogen and oxygen atoms in total. The average Bonchev–Trinajstić information content (AvgIpc) is 3.06. The van der Waals surface area contributed by atoms with Crippen molar-refractivity contribution >= 4 is 21.6 Å². The highest BCUT2D eigenvalue weighted by atomic mass is 79.9. The highest BCUT2D eigenvalue weighted by molar-refractivity contribution is 9.08. The van der Waals surface area contributed by atoms with E-state index in [9.17, 15) is 0 Å². The van der Waals surface area contributed by atoms with E-state index in [1.54, 1.807) is 7.11 Å². The van der Waals surface area contributed by atoms with Crippen LogP contribution in [0.4, 0.5) is 0 Å². The van der Waals surface area contributed by atoms with Crippen molar-refractivity contribution < 1.29 is 9.47 Å². The fourth-order valence-electron chi connectivity index (χ4n) is 3.23. The number of fused-ring (bicyclic) bond motifs is 1. The summed E-state index contributed by atoms with van der Waals surface area (Å²) in [6, 6.07) is 6.35. The van der Waals surface area contributed by atoms with E-state index < -0.39 is 0 Å². The summed E-state index contributed by atoms with van der Waals surface area (Å²) in [6.45, 7) is 9.57. The number of halogens is 1. The number of aryl methyl sites for hydroxylation is 2. The van der Waals surface area contributed by atoms with Crippen LogP contribution in [0.3, 0.4) is 0 Å². The summed E-state index contributed by atoms with van der Waals surface area (Å²) in [5.41, 5.74) is 6.66. The number of benzene rings is 1. The summed E-state index contributed by atoms with van der Waals surface area (Å²) >= 11 is 3.58. The Labute approximate surface area is 168 Å². The Kier molecular flexibility index (Phi) is 6.17. The number of alkyl halides is 1. The molecule has 1 aromatic carbocycles. The van der Waals surface area contributed by atoms with Crippen molar-refractivity contribution in [3.05, 3.63) is 46.9 Å². The van der Waals surface area contributed by atoms with Gasteiger partial charge in [-0.2, -0.15) is 5.10 Å². The molecule has 2 aromatic heterocycles. The van der Waals surface area contributed by atoms with Crippen LogP contribution in [0.1, 0.15) is 42.3 Å². The molecule has 0 radical (unpaired) electrons. The van der Waals surface area contributed by atoms with E-state index in [-0.39, 0.29) is 5.92 Å². The molecule has 0 bridgehead atoms. The first kappa shape index (κ1) is 19.8. The maximum Gasteiger partial charge on any atom is 0.163 e. The van der Waals surface area contributed by atoms with Crippen molar-refractivity contribution in [3.8, 4) is 16.9 Å². The molecule has 6 heteroatoms. The molecule has 0 atom stereocenters. The fourth-order valence-corrected chi connectivity index (χ4v) is 3.54. The van der Waals surface area contributed by atoms with Gasteiger partial charge in [0.15, 0.2) is 11.5 Å².